The Kier molecular flexibility index (Phi) is 4.93. The Morgan fingerprint density at radius 3 is 2.43 bits per heavy atom. The van der Waals surface area contributed by atoms with Crippen molar-refractivity contribution in [3.8, 4) is 11.1 Å². The SMILES string of the molecule is Cc1cc(F)c(-c2ccccc2[N+](=O)[O-])cc1SCC(F)(F)F. The van der Waals surface area contributed by atoms with E-state index in [0.29, 0.717) is 17.3 Å². The molecule has 0 bridgehead atoms. The molecule has 122 valence electrons. The largest absolute Gasteiger partial charge is 0.398 e. The van der Waals surface area contributed by atoms with Gasteiger partial charge >= 0.3 is 6.18 Å². The highest BCUT2D eigenvalue weighted by Gasteiger charge is 2.28. The lowest BCUT2D eigenvalue weighted by Crippen LogP contribution is -2.10. The first-order valence-corrected chi connectivity index (χ1v) is 7.41. The lowest BCUT2D eigenvalue weighted by atomic mass is 10.0. The quantitative estimate of drug-likeness (QED) is 0.324. The van der Waals surface area contributed by atoms with Gasteiger partial charge in [-0.3, -0.25) is 10.1 Å². The van der Waals surface area contributed by atoms with Crippen LogP contribution in [0.15, 0.2) is 41.3 Å². The number of hydrogen-bond acceptors (Lipinski definition) is 3. The fourth-order valence-electron chi connectivity index (χ4n) is 2.03. The number of rotatable bonds is 4. The highest BCUT2D eigenvalue weighted by molar-refractivity contribution is 7.99. The molecule has 0 unspecified atom stereocenters. The van der Waals surface area contributed by atoms with Gasteiger partial charge < -0.3 is 0 Å². The van der Waals surface area contributed by atoms with E-state index in [2.05, 4.69) is 0 Å². The Bertz CT molecular complexity index is 747. The highest BCUT2D eigenvalue weighted by Crippen LogP contribution is 2.37. The van der Waals surface area contributed by atoms with Gasteiger partial charge in [-0.05, 0) is 30.7 Å². The van der Waals surface area contributed by atoms with Gasteiger partial charge in [-0.1, -0.05) is 12.1 Å². The second-order valence-electron chi connectivity index (χ2n) is 4.78. The van der Waals surface area contributed by atoms with Crippen molar-refractivity contribution in [1.82, 2.24) is 0 Å². The minimum absolute atomic E-state index is 0.0314. The summed E-state index contributed by atoms with van der Waals surface area (Å²) in [7, 11) is 0. The van der Waals surface area contributed by atoms with Crippen LogP contribution in [0, 0.1) is 22.9 Å². The van der Waals surface area contributed by atoms with Crippen LogP contribution in [0.25, 0.3) is 11.1 Å². The van der Waals surface area contributed by atoms with Crippen LogP contribution in [-0.2, 0) is 0 Å². The average Bonchev–Trinajstić information content (AvgIpc) is 2.45. The number of para-hydroxylation sites is 1. The molecule has 0 aliphatic heterocycles. The van der Waals surface area contributed by atoms with Crippen LogP contribution >= 0.6 is 11.8 Å². The van der Waals surface area contributed by atoms with Crippen LogP contribution in [0.2, 0.25) is 0 Å². The van der Waals surface area contributed by atoms with E-state index in [1.165, 1.54) is 37.3 Å². The maximum Gasteiger partial charge on any atom is 0.398 e. The first kappa shape index (κ1) is 17.3. The fourth-order valence-corrected chi connectivity index (χ4v) is 2.84. The van der Waals surface area contributed by atoms with E-state index in [1.54, 1.807) is 0 Å². The van der Waals surface area contributed by atoms with E-state index in [4.69, 9.17) is 0 Å². The zero-order valence-corrected chi connectivity index (χ0v) is 12.7. The normalized spacial score (nSPS) is 11.5. The zero-order valence-electron chi connectivity index (χ0n) is 11.9. The molecule has 0 radical (unpaired) electrons. The van der Waals surface area contributed by atoms with Gasteiger partial charge in [0.05, 0.1) is 16.2 Å². The number of nitrogens with zero attached hydrogens (tertiary/aromatic N) is 1. The Morgan fingerprint density at radius 1 is 1.17 bits per heavy atom. The summed E-state index contributed by atoms with van der Waals surface area (Å²) >= 11 is 0.524. The minimum Gasteiger partial charge on any atom is -0.258 e. The minimum atomic E-state index is -4.36. The summed E-state index contributed by atoms with van der Waals surface area (Å²) in [6, 6.07) is 7.84. The molecule has 3 nitrogen and oxygen atoms in total. The smallest absolute Gasteiger partial charge is 0.258 e. The molecule has 2 aromatic rings. The molecule has 8 heteroatoms. The molecule has 0 aromatic heterocycles. The number of thioether (sulfide) groups is 1. The predicted molar refractivity (Wildman–Crippen MR) is 80.0 cm³/mol. The first-order chi connectivity index (χ1) is 10.7. The highest BCUT2D eigenvalue weighted by atomic mass is 32.2. The van der Waals surface area contributed by atoms with E-state index in [9.17, 15) is 27.7 Å². The Labute approximate surface area is 133 Å². The van der Waals surface area contributed by atoms with Gasteiger partial charge in [-0.2, -0.15) is 13.2 Å². The monoisotopic (exact) mass is 345 g/mol. The molecule has 0 atom stereocenters. The van der Waals surface area contributed by atoms with Gasteiger partial charge in [-0.15, -0.1) is 11.8 Å². The van der Waals surface area contributed by atoms with E-state index >= 15 is 0 Å². The van der Waals surface area contributed by atoms with Gasteiger partial charge in [0, 0.05) is 16.5 Å². The zero-order chi connectivity index (χ0) is 17.2. The number of hydrogen-bond donors (Lipinski definition) is 0. The van der Waals surface area contributed by atoms with Crippen molar-refractivity contribution < 1.29 is 22.5 Å². The molecule has 2 aromatic carbocycles. The summed E-state index contributed by atoms with van der Waals surface area (Å²) in [6.07, 6.45) is -4.36. The number of benzene rings is 2. The Morgan fingerprint density at radius 2 is 1.83 bits per heavy atom. The molecule has 0 aliphatic carbocycles. The molecule has 0 aliphatic rings. The van der Waals surface area contributed by atoms with E-state index < -0.39 is 22.7 Å². The van der Waals surface area contributed by atoms with E-state index in [0.717, 1.165) is 6.07 Å². The molecule has 0 saturated heterocycles. The summed E-state index contributed by atoms with van der Waals surface area (Å²) in [5, 5.41) is 11.0. The lowest BCUT2D eigenvalue weighted by Gasteiger charge is -2.12. The summed E-state index contributed by atoms with van der Waals surface area (Å²) in [5.74, 6) is -1.83. The summed E-state index contributed by atoms with van der Waals surface area (Å²) in [5.41, 5.74) is -0.0162. The maximum absolute atomic E-state index is 14.2. The van der Waals surface area contributed by atoms with E-state index in [-0.39, 0.29) is 21.7 Å². The lowest BCUT2D eigenvalue weighted by molar-refractivity contribution is -0.384. The fraction of sp³-hybridized carbons (Fsp3) is 0.200. The van der Waals surface area contributed by atoms with Gasteiger partial charge in [0.25, 0.3) is 5.69 Å². The van der Waals surface area contributed by atoms with Crippen molar-refractivity contribution in [1.29, 1.82) is 0 Å². The van der Waals surface area contributed by atoms with Crippen molar-refractivity contribution in [3.63, 3.8) is 0 Å². The van der Waals surface area contributed by atoms with Crippen molar-refractivity contribution >= 4 is 17.4 Å². The Hall–Kier alpha value is -2.09. The number of halogens is 4. The molecule has 0 fully saturated rings. The molecule has 0 heterocycles. The van der Waals surface area contributed by atoms with Crippen molar-refractivity contribution in [2.45, 2.75) is 18.0 Å². The van der Waals surface area contributed by atoms with Gasteiger partial charge in [-0.25, -0.2) is 4.39 Å². The molecular weight excluding hydrogens is 334 g/mol. The van der Waals surface area contributed by atoms with Crippen molar-refractivity contribution in [3.05, 3.63) is 57.9 Å². The van der Waals surface area contributed by atoms with Crippen molar-refractivity contribution in [2.75, 3.05) is 5.75 Å². The predicted octanol–water partition coefficient (Wildman–Crippen LogP) is 5.36. The van der Waals surface area contributed by atoms with Gasteiger partial charge in [0.15, 0.2) is 0 Å². The number of aryl methyl sites for hydroxylation is 1. The summed E-state index contributed by atoms with van der Waals surface area (Å²) in [4.78, 5) is 10.6. The van der Waals surface area contributed by atoms with Crippen LogP contribution in [0.5, 0.6) is 0 Å². The van der Waals surface area contributed by atoms with Crippen LogP contribution in [0.3, 0.4) is 0 Å². The standard InChI is InChI=1S/C15H11F4NO2S/c1-9-6-12(16)11(7-14(9)23-8-15(17,18)19)10-4-2-3-5-13(10)20(21)22/h2-7H,8H2,1H3. The van der Waals surface area contributed by atoms with Crippen LogP contribution in [0.1, 0.15) is 5.56 Å². The molecule has 0 N–H and O–H groups in total. The van der Waals surface area contributed by atoms with Crippen LogP contribution < -0.4 is 0 Å². The second-order valence-corrected chi connectivity index (χ2v) is 5.79. The average molecular weight is 345 g/mol. The van der Waals surface area contributed by atoms with Crippen LogP contribution in [0.4, 0.5) is 23.2 Å². The molecule has 0 saturated carbocycles. The molecule has 23 heavy (non-hydrogen) atoms. The Balaban J connectivity index is 2.50. The number of nitro groups is 1. The topological polar surface area (TPSA) is 43.1 Å². The molecular formula is C15H11F4NO2S. The molecule has 0 amide bonds. The number of nitro benzene ring substituents is 1. The van der Waals surface area contributed by atoms with Crippen LogP contribution in [-0.4, -0.2) is 16.9 Å². The second kappa shape index (κ2) is 6.57. The maximum atomic E-state index is 14.2. The van der Waals surface area contributed by atoms with Gasteiger partial charge in [0.1, 0.15) is 5.82 Å². The van der Waals surface area contributed by atoms with Gasteiger partial charge in [0.2, 0.25) is 0 Å². The number of alkyl halides is 3. The summed E-state index contributed by atoms with van der Waals surface area (Å²) in [6.45, 7) is 1.49. The third-order valence-electron chi connectivity index (χ3n) is 3.05. The summed E-state index contributed by atoms with van der Waals surface area (Å²) < 4.78 is 51.3. The van der Waals surface area contributed by atoms with Crippen molar-refractivity contribution in [2.24, 2.45) is 0 Å². The molecule has 2 rings (SSSR count). The molecule has 0 spiro atoms. The first-order valence-electron chi connectivity index (χ1n) is 6.42. The third kappa shape index (κ3) is 4.22. The third-order valence-corrected chi connectivity index (χ3v) is 4.27. The van der Waals surface area contributed by atoms with E-state index in [1.807, 2.05) is 0 Å².